The number of anilines is 2. The van der Waals surface area contributed by atoms with Gasteiger partial charge in [-0.1, -0.05) is 12.1 Å². The van der Waals surface area contributed by atoms with Crippen LogP contribution in [-0.2, 0) is 6.42 Å². The summed E-state index contributed by atoms with van der Waals surface area (Å²) in [6, 6.07) is 11.2. The van der Waals surface area contributed by atoms with Gasteiger partial charge in [0.2, 0.25) is 17.7 Å². The molecule has 0 saturated heterocycles. The Bertz CT molecular complexity index is 1050. The van der Waals surface area contributed by atoms with Gasteiger partial charge in [-0.3, -0.25) is 0 Å². The Balaban J connectivity index is 1.40. The Hall–Kier alpha value is -3.66. The highest BCUT2D eigenvalue weighted by molar-refractivity contribution is 5.52. The second-order valence-corrected chi connectivity index (χ2v) is 5.92. The molecule has 0 spiro atoms. The number of benzene rings is 1. The van der Waals surface area contributed by atoms with Crippen molar-refractivity contribution in [1.29, 1.82) is 0 Å². The largest absolute Gasteiger partial charge is 0.491 e. The monoisotopic (exact) mass is 381 g/mol. The number of nitrogens with two attached hydrogens (primary N) is 1. The summed E-state index contributed by atoms with van der Waals surface area (Å²) in [5, 5.41) is 16.2. The summed E-state index contributed by atoms with van der Waals surface area (Å²) in [4.78, 5) is 12.9. The van der Waals surface area contributed by atoms with Crippen LogP contribution >= 0.6 is 0 Å². The Morgan fingerprint density at radius 3 is 2.75 bits per heavy atom. The molecular formula is C18H19N7O3. The van der Waals surface area contributed by atoms with E-state index >= 15 is 0 Å². The van der Waals surface area contributed by atoms with Crippen molar-refractivity contribution in [3.63, 3.8) is 0 Å². The van der Waals surface area contributed by atoms with Gasteiger partial charge in [-0.2, -0.15) is 19.5 Å². The molecule has 1 aromatic carbocycles. The summed E-state index contributed by atoms with van der Waals surface area (Å²) in [5.41, 5.74) is 7.10. The summed E-state index contributed by atoms with van der Waals surface area (Å²) in [6.07, 6.45) is 2.31. The third kappa shape index (κ3) is 3.86. The van der Waals surface area contributed by atoms with Crippen molar-refractivity contribution in [2.24, 2.45) is 0 Å². The molecule has 0 aliphatic heterocycles. The number of aliphatic hydroxyl groups excluding tert-OH is 1. The molecule has 0 amide bonds. The lowest BCUT2D eigenvalue weighted by Gasteiger charge is -2.07. The molecule has 0 saturated carbocycles. The topological polar surface area (TPSA) is 137 Å². The van der Waals surface area contributed by atoms with Crippen molar-refractivity contribution in [2.75, 3.05) is 30.8 Å². The van der Waals surface area contributed by atoms with E-state index in [1.54, 1.807) is 18.4 Å². The predicted octanol–water partition coefficient (Wildman–Crippen LogP) is 1.39. The number of hydrogen-bond donors (Lipinski definition) is 3. The number of fused-ring (bicyclic) bond motifs is 1. The van der Waals surface area contributed by atoms with E-state index < -0.39 is 0 Å². The molecule has 10 heteroatoms. The number of nitrogens with one attached hydrogen (secondary N) is 1. The minimum absolute atomic E-state index is 0.00576. The standard InChI is InChI=1S/C18H19N7O3/c19-16-22-17(20-8-7-12-3-5-13(6-4-12)27-11-9-26)23-18-21-15(24-25(16)18)14-2-1-10-28-14/h1-6,10,26H,7-9,11H2,(H3,19,20,21,22,23,24). The number of nitrogens with zero attached hydrogens (tertiary/aromatic N) is 5. The highest BCUT2D eigenvalue weighted by Gasteiger charge is 2.13. The average molecular weight is 381 g/mol. The van der Waals surface area contributed by atoms with Crippen LogP contribution in [0.2, 0.25) is 0 Å². The van der Waals surface area contributed by atoms with Gasteiger partial charge in [0.25, 0.3) is 5.78 Å². The van der Waals surface area contributed by atoms with Crippen molar-refractivity contribution in [2.45, 2.75) is 6.42 Å². The molecule has 10 nitrogen and oxygen atoms in total. The zero-order valence-corrected chi connectivity index (χ0v) is 14.9. The van der Waals surface area contributed by atoms with E-state index in [0.29, 0.717) is 29.9 Å². The SMILES string of the molecule is Nc1nc(NCCc2ccc(OCCO)cc2)nc2nc(-c3ccco3)nn12. The molecule has 144 valence electrons. The number of hydrogen-bond acceptors (Lipinski definition) is 9. The fourth-order valence-electron chi connectivity index (χ4n) is 2.63. The van der Waals surface area contributed by atoms with Gasteiger partial charge in [0.15, 0.2) is 5.76 Å². The zero-order valence-electron chi connectivity index (χ0n) is 14.9. The van der Waals surface area contributed by atoms with Crippen LogP contribution in [0, 0.1) is 0 Å². The Labute approximate surface area is 160 Å². The third-order valence-electron chi connectivity index (χ3n) is 3.96. The van der Waals surface area contributed by atoms with Crippen LogP contribution < -0.4 is 15.8 Å². The van der Waals surface area contributed by atoms with Gasteiger partial charge in [-0.25, -0.2) is 0 Å². The molecule has 4 N–H and O–H groups in total. The molecule has 0 atom stereocenters. The minimum atomic E-state index is -0.00576. The molecule has 0 unspecified atom stereocenters. The minimum Gasteiger partial charge on any atom is -0.491 e. The van der Waals surface area contributed by atoms with E-state index in [1.165, 1.54) is 4.52 Å². The lowest BCUT2D eigenvalue weighted by atomic mass is 10.1. The summed E-state index contributed by atoms with van der Waals surface area (Å²) in [5.74, 6) is 2.56. The van der Waals surface area contributed by atoms with Gasteiger partial charge >= 0.3 is 0 Å². The van der Waals surface area contributed by atoms with Gasteiger partial charge < -0.3 is 25.3 Å². The Morgan fingerprint density at radius 2 is 2.00 bits per heavy atom. The number of aliphatic hydroxyl groups is 1. The predicted molar refractivity (Wildman–Crippen MR) is 102 cm³/mol. The molecule has 4 aromatic rings. The van der Waals surface area contributed by atoms with Crippen LogP contribution in [0.25, 0.3) is 17.4 Å². The molecule has 0 aliphatic carbocycles. The summed E-state index contributed by atoms with van der Waals surface area (Å²) >= 11 is 0. The van der Waals surface area contributed by atoms with Gasteiger partial charge in [-0.05, 0) is 36.2 Å². The lowest BCUT2D eigenvalue weighted by molar-refractivity contribution is 0.201. The molecule has 3 heterocycles. The smallest absolute Gasteiger partial charge is 0.259 e. The van der Waals surface area contributed by atoms with Crippen LogP contribution in [0.15, 0.2) is 47.1 Å². The molecule has 28 heavy (non-hydrogen) atoms. The van der Waals surface area contributed by atoms with E-state index in [0.717, 1.165) is 17.7 Å². The van der Waals surface area contributed by atoms with Crippen LogP contribution in [0.3, 0.4) is 0 Å². The summed E-state index contributed by atoms with van der Waals surface area (Å²) < 4.78 is 12.0. The number of nitrogen functional groups attached to an aromatic ring is 1. The van der Waals surface area contributed by atoms with E-state index in [2.05, 4.69) is 25.4 Å². The van der Waals surface area contributed by atoms with Crippen molar-refractivity contribution >= 4 is 17.7 Å². The summed E-state index contributed by atoms with van der Waals surface area (Å²) in [6.45, 7) is 0.895. The number of rotatable bonds is 8. The van der Waals surface area contributed by atoms with Crippen LogP contribution in [0.5, 0.6) is 5.75 Å². The van der Waals surface area contributed by atoms with E-state index in [9.17, 15) is 0 Å². The fraction of sp³-hybridized carbons (Fsp3) is 0.222. The van der Waals surface area contributed by atoms with Gasteiger partial charge in [0.1, 0.15) is 12.4 Å². The first-order valence-electron chi connectivity index (χ1n) is 8.73. The van der Waals surface area contributed by atoms with Crippen molar-refractivity contribution in [3.05, 3.63) is 48.2 Å². The molecule has 0 bridgehead atoms. The first-order valence-corrected chi connectivity index (χ1v) is 8.73. The first kappa shape index (κ1) is 17.7. The second kappa shape index (κ2) is 7.92. The average Bonchev–Trinajstić information content (AvgIpc) is 3.37. The highest BCUT2D eigenvalue weighted by atomic mass is 16.5. The molecule has 0 aliphatic rings. The van der Waals surface area contributed by atoms with Gasteiger partial charge in [0.05, 0.1) is 12.9 Å². The van der Waals surface area contributed by atoms with Gasteiger partial charge in [0, 0.05) is 6.54 Å². The van der Waals surface area contributed by atoms with E-state index in [1.807, 2.05) is 24.3 Å². The first-order chi connectivity index (χ1) is 13.7. The highest BCUT2D eigenvalue weighted by Crippen LogP contribution is 2.18. The summed E-state index contributed by atoms with van der Waals surface area (Å²) in [7, 11) is 0. The Kier molecular flexibility index (Phi) is 5.02. The van der Waals surface area contributed by atoms with Crippen molar-refractivity contribution in [3.8, 4) is 17.3 Å². The quantitative estimate of drug-likeness (QED) is 0.413. The van der Waals surface area contributed by atoms with E-state index in [-0.39, 0.29) is 19.2 Å². The lowest BCUT2D eigenvalue weighted by Crippen LogP contribution is -2.12. The molecule has 3 aromatic heterocycles. The Morgan fingerprint density at radius 1 is 1.14 bits per heavy atom. The fourth-order valence-corrected chi connectivity index (χ4v) is 2.63. The van der Waals surface area contributed by atoms with Crippen molar-refractivity contribution in [1.82, 2.24) is 24.6 Å². The number of aromatic nitrogens is 5. The number of furan rings is 1. The van der Waals surface area contributed by atoms with Crippen molar-refractivity contribution < 1.29 is 14.3 Å². The number of ether oxygens (including phenoxy) is 1. The molecular weight excluding hydrogens is 362 g/mol. The molecule has 4 rings (SSSR count). The van der Waals surface area contributed by atoms with Gasteiger partial charge in [-0.15, -0.1) is 5.10 Å². The second-order valence-electron chi connectivity index (χ2n) is 5.92. The van der Waals surface area contributed by atoms with Crippen LogP contribution in [0.4, 0.5) is 11.9 Å². The van der Waals surface area contributed by atoms with Crippen LogP contribution in [0.1, 0.15) is 5.56 Å². The zero-order chi connectivity index (χ0) is 19.3. The molecule has 0 radical (unpaired) electrons. The maximum atomic E-state index is 8.77. The normalized spacial score (nSPS) is 11.0. The third-order valence-corrected chi connectivity index (χ3v) is 3.96. The maximum absolute atomic E-state index is 8.77. The van der Waals surface area contributed by atoms with E-state index in [4.69, 9.17) is 20.0 Å². The van der Waals surface area contributed by atoms with Crippen LogP contribution in [-0.4, -0.2) is 49.4 Å². The molecule has 0 fully saturated rings. The maximum Gasteiger partial charge on any atom is 0.259 e.